The van der Waals surface area contributed by atoms with Gasteiger partial charge >= 0.3 is 0 Å². The smallest absolute Gasteiger partial charge is 0.118 e. The van der Waals surface area contributed by atoms with Gasteiger partial charge in [-0.2, -0.15) is 0 Å². The van der Waals surface area contributed by atoms with Crippen molar-refractivity contribution in [3.63, 3.8) is 0 Å². The summed E-state index contributed by atoms with van der Waals surface area (Å²) < 4.78 is 5.22. The number of benzene rings is 1. The minimum Gasteiger partial charge on any atom is -0.497 e. The van der Waals surface area contributed by atoms with E-state index in [2.05, 4.69) is 28.9 Å². The maximum Gasteiger partial charge on any atom is 0.118 e. The molecule has 4 nitrogen and oxygen atoms in total. The molecule has 1 saturated heterocycles. The zero-order valence-corrected chi connectivity index (χ0v) is 15.9. The van der Waals surface area contributed by atoms with Gasteiger partial charge in [0.25, 0.3) is 0 Å². The molecule has 0 unspecified atom stereocenters. The molecule has 3 rings (SSSR count). The Morgan fingerprint density at radius 3 is 2.24 bits per heavy atom. The standard InChI is InChI=1S/C21H34N2O2/c1-18-7-10-21(24,11-8-18)17-23-15-13-22(14-16-23)12-9-19-3-5-20(25-2)6-4-19/h3-6,18,24H,7-17H2,1-2H3. The van der Waals surface area contributed by atoms with Gasteiger partial charge in [0.2, 0.25) is 0 Å². The minimum absolute atomic E-state index is 0.433. The molecule has 2 fully saturated rings. The number of ether oxygens (including phenoxy) is 1. The van der Waals surface area contributed by atoms with Crippen molar-refractivity contribution in [1.82, 2.24) is 9.80 Å². The van der Waals surface area contributed by atoms with E-state index in [0.29, 0.717) is 0 Å². The number of nitrogens with zero attached hydrogens (tertiary/aromatic N) is 2. The fraction of sp³-hybridized carbons (Fsp3) is 0.714. The van der Waals surface area contributed by atoms with E-state index in [9.17, 15) is 5.11 Å². The van der Waals surface area contributed by atoms with Crippen LogP contribution in [0.15, 0.2) is 24.3 Å². The van der Waals surface area contributed by atoms with Crippen molar-refractivity contribution in [2.24, 2.45) is 5.92 Å². The zero-order valence-electron chi connectivity index (χ0n) is 15.9. The van der Waals surface area contributed by atoms with E-state index in [1.54, 1.807) is 7.11 Å². The summed E-state index contributed by atoms with van der Waals surface area (Å²) in [6.07, 6.45) is 5.40. The first-order chi connectivity index (χ1) is 12.1. The summed E-state index contributed by atoms with van der Waals surface area (Å²) in [5, 5.41) is 10.8. The predicted molar refractivity (Wildman–Crippen MR) is 102 cm³/mol. The highest BCUT2D eigenvalue weighted by atomic mass is 16.5. The Bertz CT molecular complexity index is 515. The number of methoxy groups -OCH3 is 1. The summed E-state index contributed by atoms with van der Waals surface area (Å²) in [5.74, 6) is 1.71. The van der Waals surface area contributed by atoms with Crippen LogP contribution in [0.1, 0.15) is 38.2 Å². The van der Waals surface area contributed by atoms with Crippen LogP contribution in [-0.4, -0.2) is 66.9 Å². The fourth-order valence-corrected chi connectivity index (χ4v) is 4.12. The third-order valence-corrected chi connectivity index (χ3v) is 6.06. The molecule has 0 bridgehead atoms. The van der Waals surface area contributed by atoms with Gasteiger partial charge in [-0.05, 0) is 55.7 Å². The lowest BCUT2D eigenvalue weighted by Gasteiger charge is -2.42. The van der Waals surface area contributed by atoms with Crippen LogP contribution in [0.2, 0.25) is 0 Å². The molecule has 1 aliphatic carbocycles. The van der Waals surface area contributed by atoms with Crippen LogP contribution in [0.3, 0.4) is 0 Å². The third kappa shape index (κ3) is 5.44. The normalized spacial score (nSPS) is 28.8. The largest absolute Gasteiger partial charge is 0.497 e. The molecule has 0 aromatic heterocycles. The highest BCUT2D eigenvalue weighted by molar-refractivity contribution is 5.27. The van der Waals surface area contributed by atoms with Crippen molar-refractivity contribution in [1.29, 1.82) is 0 Å². The maximum absolute atomic E-state index is 10.8. The zero-order chi connectivity index (χ0) is 17.7. The second-order valence-corrected chi connectivity index (χ2v) is 8.12. The first-order valence-electron chi connectivity index (χ1n) is 9.86. The second-order valence-electron chi connectivity index (χ2n) is 8.12. The summed E-state index contributed by atoms with van der Waals surface area (Å²) in [4.78, 5) is 5.02. The van der Waals surface area contributed by atoms with Crippen LogP contribution in [0, 0.1) is 5.92 Å². The van der Waals surface area contributed by atoms with Crippen LogP contribution in [0.4, 0.5) is 0 Å². The van der Waals surface area contributed by atoms with Crippen molar-refractivity contribution in [3.8, 4) is 5.75 Å². The number of piperazine rings is 1. The summed E-state index contributed by atoms with van der Waals surface area (Å²) in [6.45, 7) is 8.68. The topological polar surface area (TPSA) is 35.9 Å². The number of aliphatic hydroxyl groups is 1. The lowest BCUT2D eigenvalue weighted by molar-refractivity contribution is -0.0432. The summed E-state index contributed by atoms with van der Waals surface area (Å²) >= 11 is 0. The Morgan fingerprint density at radius 1 is 1.04 bits per heavy atom. The molecule has 0 atom stereocenters. The molecule has 1 heterocycles. The predicted octanol–water partition coefficient (Wildman–Crippen LogP) is 2.80. The van der Waals surface area contributed by atoms with Gasteiger partial charge in [-0.25, -0.2) is 0 Å². The number of rotatable bonds is 6. The highest BCUT2D eigenvalue weighted by Gasteiger charge is 2.34. The Labute approximate surface area is 152 Å². The number of hydrogen-bond acceptors (Lipinski definition) is 4. The molecule has 140 valence electrons. The van der Waals surface area contributed by atoms with Gasteiger partial charge < -0.3 is 14.7 Å². The molecule has 1 aliphatic heterocycles. The molecule has 1 aromatic carbocycles. The number of hydrogen-bond donors (Lipinski definition) is 1. The lowest BCUT2D eigenvalue weighted by atomic mass is 9.79. The number of β-amino-alcohol motifs (C(OH)–C–C–N with tert-alkyl or cyclic N) is 1. The van der Waals surface area contributed by atoms with Crippen LogP contribution in [0.25, 0.3) is 0 Å². The van der Waals surface area contributed by atoms with E-state index in [4.69, 9.17) is 4.74 Å². The van der Waals surface area contributed by atoms with Crippen molar-refractivity contribution in [2.75, 3.05) is 46.4 Å². The quantitative estimate of drug-likeness (QED) is 0.859. The monoisotopic (exact) mass is 346 g/mol. The molecule has 1 saturated carbocycles. The van der Waals surface area contributed by atoms with Crippen molar-refractivity contribution in [2.45, 2.75) is 44.6 Å². The summed E-state index contributed by atoms with van der Waals surface area (Å²) in [5.41, 5.74) is 0.937. The summed E-state index contributed by atoms with van der Waals surface area (Å²) in [6, 6.07) is 8.40. The van der Waals surface area contributed by atoms with Crippen LogP contribution in [-0.2, 0) is 6.42 Å². The van der Waals surface area contributed by atoms with E-state index in [1.807, 2.05) is 12.1 Å². The molecule has 0 spiro atoms. The Hall–Kier alpha value is -1.10. The Balaban J connectivity index is 1.38. The van der Waals surface area contributed by atoms with Crippen molar-refractivity contribution < 1.29 is 9.84 Å². The average molecular weight is 347 g/mol. The molecule has 1 aromatic rings. The summed E-state index contributed by atoms with van der Waals surface area (Å²) in [7, 11) is 1.71. The minimum atomic E-state index is -0.433. The maximum atomic E-state index is 10.8. The molecular weight excluding hydrogens is 312 g/mol. The van der Waals surface area contributed by atoms with Crippen molar-refractivity contribution >= 4 is 0 Å². The van der Waals surface area contributed by atoms with Gasteiger partial charge in [0.15, 0.2) is 0 Å². The first kappa shape index (κ1) is 18.7. The van der Waals surface area contributed by atoms with Gasteiger partial charge in [-0.3, -0.25) is 4.90 Å². The molecule has 0 amide bonds. The Kier molecular flexibility index (Phi) is 6.37. The molecule has 0 radical (unpaired) electrons. The second kappa shape index (κ2) is 8.52. The first-order valence-corrected chi connectivity index (χ1v) is 9.86. The molecule has 25 heavy (non-hydrogen) atoms. The van der Waals surface area contributed by atoms with Gasteiger partial charge in [-0.15, -0.1) is 0 Å². The van der Waals surface area contributed by atoms with Gasteiger partial charge in [0, 0.05) is 39.3 Å². The van der Waals surface area contributed by atoms with E-state index < -0.39 is 5.60 Å². The Morgan fingerprint density at radius 2 is 1.64 bits per heavy atom. The molecule has 1 N–H and O–H groups in total. The van der Waals surface area contributed by atoms with Gasteiger partial charge in [0.05, 0.1) is 12.7 Å². The van der Waals surface area contributed by atoms with E-state index in [0.717, 1.165) is 70.2 Å². The SMILES string of the molecule is COc1ccc(CCN2CCN(CC3(O)CCC(C)CC3)CC2)cc1. The molecule has 4 heteroatoms. The van der Waals surface area contributed by atoms with E-state index in [1.165, 1.54) is 18.4 Å². The lowest BCUT2D eigenvalue weighted by Crippen LogP contribution is -2.53. The molecular formula is C21H34N2O2. The van der Waals surface area contributed by atoms with Crippen LogP contribution in [0.5, 0.6) is 5.75 Å². The molecule has 2 aliphatic rings. The van der Waals surface area contributed by atoms with Crippen molar-refractivity contribution in [3.05, 3.63) is 29.8 Å². The highest BCUT2D eigenvalue weighted by Crippen LogP contribution is 2.32. The van der Waals surface area contributed by atoms with Gasteiger partial charge in [0.1, 0.15) is 5.75 Å². The fourth-order valence-electron chi connectivity index (χ4n) is 4.12. The van der Waals surface area contributed by atoms with E-state index in [-0.39, 0.29) is 0 Å². The van der Waals surface area contributed by atoms with Crippen LogP contribution >= 0.6 is 0 Å². The van der Waals surface area contributed by atoms with Gasteiger partial charge in [-0.1, -0.05) is 19.1 Å². The van der Waals surface area contributed by atoms with E-state index >= 15 is 0 Å². The third-order valence-electron chi connectivity index (χ3n) is 6.06. The average Bonchev–Trinajstić information content (AvgIpc) is 2.64. The van der Waals surface area contributed by atoms with Crippen LogP contribution < -0.4 is 4.74 Å².